The van der Waals surface area contributed by atoms with E-state index in [1.807, 2.05) is 0 Å². The summed E-state index contributed by atoms with van der Waals surface area (Å²) in [4.78, 5) is 23.3. The largest absolute Gasteiger partial charge is 0.493 e. The zero-order valence-corrected chi connectivity index (χ0v) is 19.0. The van der Waals surface area contributed by atoms with Crippen molar-refractivity contribution in [3.05, 3.63) is 48.0 Å². The zero-order chi connectivity index (χ0) is 24.6. The van der Waals surface area contributed by atoms with Gasteiger partial charge in [-0.05, 0) is 55.3 Å². The van der Waals surface area contributed by atoms with Crippen LogP contribution in [-0.4, -0.2) is 46.5 Å². The Morgan fingerprint density at radius 3 is 2.30 bits per heavy atom. The van der Waals surface area contributed by atoms with Crippen LogP contribution < -0.4 is 24.8 Å². The van der Waals surface area contributed by atoms with Crippen molar-refractivity contribution in [3.63, 3.8) is 0 Å². The topological polar surface area (TPSA) is 123 Å². The number of ether oxygens (including phenoxy) is 2. The average Bonchev–Trinajstić information content (AvgIpc) is 2.73. The lowest BCUT2D eigenvalue weighted by Gasteiger charge is -2.15. The number of carbonyl (C=O) groups is 2. The van der Waals surface area contributed by atoms with E-state index in [0.29, 0.717) is 17.7 Å². The van der Waals surface area contributed by atoms with E-state index in [1.54, 1.807) is 6.07 Å². The van der Waals surface area contributed by atoms with Gasteiger partial charge in [-0.15, -0.1) is 0 Å². The molecule has 0 radical (unpaired) electrons. The highest BCUT2D eigenvalue weighted by molar-refractivity contribution is 7.89. The Morgan fingerprint density at radius 2 is 1.73 bits per heavy atom. The maximum absolute atomic E-state index is 12.5. The SMILES string of the molecule is COc1ccc(CCNC(=O)[C@H](C)NS(=O)(=O)c2ccc(NC(C)=O)cc2)cc1OC(F)F. The van der Waals surface area contributed by atoms with Crippen LogP contribution in [0.1, 0.15) is 19.4 Å². The third-order valence-corrected chi connectivity index (χ3v) is 5.92. The molecule has 180 valence electrons. The molecule has 3 N–H and O–H groups in total. The number of benzene rings is 2. The summed E-state index contributed by atoms with van der Waals surface area (Å²) < 4.78 is 61.7. The predicted octanol–water partition coefficient (Wildman–Crippen LogP) is 2.28. The van der Waals surface area contributed by atoms with Gasteiger partial charge in [0.15, 0.2) is 11.5 Å². The summed E-state index contributed by atoms with van der Waals surface area (Å²) in [6.07, 6.45) is 0.291. The molecular formula is C21H25F2N3O6S. The van der Waals surface area contributed by atoms with Gasteiger partial charge in [-0.25, -0.2) is 8.42 Å². The van der Waals surface area contributed by atoms with E-state index in [1.165, 1.54) is 57.4 Å². The standard InChI is InChI=1S/C21H25F2N3O6S/c1-13(26-33(29,30)17-7-5-16(6-8-17)25-14(2)27)20(28)24-11-10-15-4-9-18(31-3)19(12-15)32-21(22)23/h4-9,12-13,21,26H,10-11H2,1-3H3,(H,24,28)(H,25,27)/t13-/m0/s1. The summed E-state index contributed by atoms with van der Waals surface area (Å²) >= 11 is 0. The summed E-state index contributed by atoms with van der Waals surface area (Å²) in [5, 5.41) is 5.12. The normalized spacial score (nSPS) is 12.2. The van der Waals surface area contributed by atoms with Crippen LogP contribution >= 0.6 is 0 Å². The van der Waals surface area contributed by atoms with Gasteiger partial charge in [-0.1, -0.05) is 6.07 Å². The number of carbonyl (C=O) groups excluding carboxylic acids is 2. The van der Waals surface area contributed by atoms with Crippen LogP contribution in [0.4, 0.5) is 14.5 Å². The van der Waals surface area contributed by atoms with E-state index in [4.69, 9.17) is 4.74 Å². The molecule has 2 aromatic rings. The predicted molar refractivity (Wildman–Crippen MR) is 117 cm³/mol. The maximum atomic E-state index is 12.5. The van der Waals surface area contributed by atoms with Gasteiger partial charge in [-0.3, -0.25) is 9.59 Å². The first-order valence-electron chi connectivity index (χ1n) is 9.81. The minimum Gasteiger partial charge on any atom is -0.493 e. The molecular weight excluding hydrogens is 460 g/mol. The molecule has 2 rings (SSSR count). The molecule has 0 bridgehead atoms. The highest BCUT2D eigenvalue weighted by Crippen LogP contribution is 2.29. The Labute approximate surface area is 190 Å². The number of methoxy groups -OCH3 is 1. The number of rotatable bonds is 11. The summed E-state index contributed by atoms with van der Waals surface area (Å²) in [7, 11) is -2.65. The molecule has 2 amide bonds. The second kappa shape index (κ2) is 11.6. The molecule has 2 aromatic carbocycles. The minimum absolute atomic E-state index is 0.0685. The molecule has 0 fully saturated rings. The molecule has 0 unspecified atom stereocenters. The fourth-order valence-electron chi connectivity index (χ4n) is 2.82. The summed E-state index contributed by atoms with van der Waals surface area (Å²) in [6, 6.07) is 8.90. The monoisotopic (exact) mass is 485 g/mol. The second-order valence-electron chi connectivity index (χ2n) is 6.95. The van der Waals surface area contributed by atoms with Gasteiger partial charge in [0.2, 0.25) is 21.8 Å². The average molecular weight is 486 g/mol. The van der Waals surface area contributed by atoms with Crippen LogP contribution in [0.2, 0.25) is 0 Å². The molecule has 0 aliphatic carbocycles. The van der Waals surface area contributed by atoms with Crippen molar-refractivity contribution in [2.24, 2.45) is 0 Å². The summed E-state index contributed by atoms with van der Waals surface area (Å²) in [5.41, 5.74) is 1.05. The first-order chi connectivity index (χ1) is 15.5. The van der Waals surface area contributed by atoms with E-state index in [0.717, 1.165) is 0 Å². The van der Waals surface area contributed by atoms with Gasteiger partial charge in [0.25, 0.3) is 0 Å². The van der Waals surface area contributed by atoms with Crippen LogP contribution in [0.15, 0.2) is 47.4 Å². The Bertz CT molecular complexity index is 1080. The third-order valence-electron chi connectivity index (χ3n) is 4.37. The molecule has 0 saturated heterocycles. The molecule has 12 heteroatoms. The second-order valence-corrected chi connectivity index (χ2v) is 8.67. The van der Waals surface area contributed by atoms with Crippen molar-refractivity contribution in [1.82, 2.24) is 10.0 Å². The van der Waals surface area contributed by atoms with Crippen molar-refractivity contribution in [2.75, 3.05) is 19.0 Å². The highest BCUT2D eigenvalue weighted by Gasteiger charge is 2.22. The minimum atomic E-state index is -3.98. The van der Waals surface area contributed by atoms with Crippen molar-refractivity contribution >= 4 is 27.5 Å². The van der Waals surface area contributed by atoms with Gasteiger partial charge in [-0.2, -0.15) is 13.5 Å². The van der Waals surface area contributed by atoms with Crippen molar-refractivity contribution in [3.8, 4) is 11.5 Å². The van der Waals surface area contributed by atoms with Crippen molar-refractivity contribution in [2.45, 2.75) is 37.8 Å². The molecule has 0 aromatic heterocycles. The molecule has 0 aliphatic rings. The van der Waals surface area contributed by atoms with Crippen molar-refractivity contribution < 1.29 is 36.3 Å². The van der Waals surface area contributed by atoms with Gasteiger partial charge in [0, 0.05) is 19.2 Å². The number of anilines is 1. The lowest BCUT2D eigenvalue weighted by atomic mass is 10.1. The van der Waals surface area contributed by atoms with Crippen LogP contribution in [0.3, 0.4) is 0 Å². The van der Waals surface area contributed by atoms with Crippen LogP contribution in [0.5, 0.6) is 11.5 Å². The number of nitrogens with one attached hydrogen (secondary N) is 3. The van der Waals surface area contributed by atoms with E-state index in [9.17, 15) is 26.8 Å². The Balaban J connectivity index is 1.92. The van der Waals surface area contributed by atoms with E-state index in [2.05, 4.69) is 20.1 Å². The Morgan fingerprint density at radius 1 is 1.06 bits per heavy atom. The molecule has 0 heterocycles. The molecule has 1 atom stereocenters. The molecule has 0 saturated carbocycles. The van der Waals surface area contributed by atoms with Crippen LogP contribution in [0, 0.1) is 0 Å². The van der Waals surface area contributed by atoms with E-state index < -0.39 is 28.6 Å². The number of sulfonamides is 1. The Kier molecular flexibility index (Phi) is 9.12. The fraction of sp³-hybridized carbons (Fsp3) is 0.333. The summed E-state index contributed by atoms with van der Waals surface area (Å²) in [6.45, 7) is -0.154. The Hall–Kier alpha value is -3.25. The quantitative estimate of drug-likeness (QED) is 0.449. The van der Waals surface area contributed by atoms with E-state index >= 15 is 0 Å². The molecule has 33 heavy (non-hydrogen) atoms. The van der Waals surface area contributed by atoms with Gasteiger partial charge >= 0.3 is 6.61 Å². The maximum Gasteiger partial charge on any atom is 0.387 e. The molecule has 0 aliphatic heterocycles. The smallest absolute Gasteiger partial charge is 0.387 e. The fourth-order valence-corrected chi connectivity index (χ4v) is 4.03. The number of alkyl halides is 2. The van der Waals surface area contributed by atoms with E-state index in [-0.39, 0.29) is 28.8 Å². The first kappa shape index (κ1) is 26.0. The van der Waals surface area contributed by atoms with Crippen molar-refractivity contribution in [1.29, 1.82) is 0 Å². The highest BCUT2D eigenvalue weighted by atomic mass is 32.2. The lowest BCUT2D eigenvalue weighted by molar-refractivity contribution is -0.122. The van der Waals surface area contributed by atoms with Crippen LogP contribution in [-0.2, 0) is 26.0 Å². The number of hydrogen-bond donors (Lipinski definition) is 3. The summed E-state index contributed by atoms with van der Waals surface area (Å²) in [5.74, 6) is -0.828. The number of hydrogen-bond acceptors (Lipinski definition) is 6. The van der Waals surface area contributed by atoms with Gasteiger partial charge in [0.1, 0.15) is 0 Å². The number of halogens is 2. The molecule has 9 nitrogen and oxygen atoms in total. The molecule has 0 spiro atoms. The van der Waals surface area contributed by atoms with Gasteiger partial charge in [0.05, 0.1) is 18.0 Å². The lowest BCUT2D eigenvalue weighted by Crippen LogP contribution is -2.45. The first-order valence-corrected chi connectivity index (χ1v) is 11.3. The zero-order valence-electron chi connectivity index (χ0n) is 18.2. The number of amides is 2. The van der Waals surface area contributed by atoms with Gasteiger partial charge < -0.3 is 20.1 Å². The third kappa shape index (κ3) is 7.99. The van der Waals surface area contributed by atoms with Crippen LogP contribution in [0.25, 0.3) is 0 Å².